The van der Waals surface area contributed by atoms with Gasteiger partial charge in [0.25, 0.3) is 0 Å². The summed E-state index contributed by atoms with van der Waals surface area (Å²) in [5.41, 5.74) is 5.08. The quantitative estimate of drug-likeness (QED) is 0.338. The van der Waals surface area contributed by atoms with Gasteiger partial charge in [0, 0.05) is 12.5 Å². The lowest BCUT2D eigenvalue weighted by molar-refractivity contribution is -0.139. The molecule has 4 rings (SSSR count). The zero-order valence-electron chi connectivity index (χ0n) is 20.0. The molecule has 3 amide bonds. The minimum absolute atomic E-state index is 0.0170. The fourth-order valence-corrected chi connectivity index (χ4v) is 4.32. The molecule has 0 spiro atoms. The molecule has 0 fully saturated rings. The summed E-state index contributed by atoms with van der Waals surface area (Å²) < 4.78 is 5.41. The van der Waals surface area contributed by atoms with E-state index in [4.69, 9.17) is 4.74 Å². The smallest absolute Gasteiger partial charge is 0.407 e. The Bertz CT molecular complexity index is 1250. The average Bonchev–Trinajstić information content (AvgIpc) is 3.23. The minimum Gasteiger partial charge on any atom is -0.481 e. The molecule has 1 aliphatic carbocycles. The molecule has 1 aliphatic rings. The second-order valence-electron chi connectivity index (χ2n) is 8.60. The Morgan fingerprint density at radius 3 is 2.03 bits per heavy atom. The maximum atomic E-state index is 12.6. The molecule has 1 unspecified atom stereocenters. The Balaban J connectivity index is 1.31. The Hall–Kier alpha value is -4.66. The predicted molar refractivity (Wildman–Crippen MR) is 136 cm³/mol. The van der Waals surface area contributed by atoms with Gasteiger partial charge >= 0.3 is 12.1 Å². The Morgan fingerprint density at radius 2 is 1.41 bits per heavy atom. The van der Waals surface area contributed by atoms with Crippen LogP contribution in [-0.2, 0) is 25.7 Å². The number of ether oxygens (including phenoxy) is 1. The van der Waals surface area contributed by atoms with Crippen LogP contribution in [0.4, 0.5) is 4.79 Å². The number of carboxylic acid groups (broad SMARTS) is 1. The number of hydrogen-bond acceptors (Lipinski definition) is 5. The molecule has 0 saturated carbocycles. The van der Waals surface area contributed by atoms with Gasteiger partial charge in [-0.2, -0.15) is 0 Å². The van der Waals surface area contributed by atoms with Crippen LogP contribution in [0.5, 0.6) is 0 Å². The van der Waals surface area contributed by atoms with Crippen LogP contribution >= 0.6 is 0 Å². The van der Waals surface area contributed by atoms with E-state index in [1.165, 1.54) is 0 Å². The van der Waals surface area contributed by atoms with Crippen molar-refractivity contribution in [1.29, 1.82) is 0 Å². The van der Waals surface area contributed by atoms with Crippen molar-refractivity contribution in [2.24, 2.45) is 0 Å². The van der Waals surface area contributed by atoms with Crippen molar-refractivity contribution in [3.8, 4) is 11.1 Å². The maximum Gasteiger partial charge on any atom is 0.407 e. The Labute approximate surface area is 213 Å². The molecule has 0 aliphatic heterocycles. The van der Waals surface area contributed by atoms with Crippen LogP contribution in [-0.4, -0.2) is 48.2 Å². The summed E-state index contributed by atoms with van der Waals surface area (Å²) in [6, 6.07) is 23.5. The summed E-state index contributed by atoms with van der Waals surface area (Å²) in [4.78, 5) is 48.5. The summed E-state index contributed by atoms with van der Waals surface area (Å²) in [5.74, 6) is -2.72. The highest BCUT2D eigenvalue weighted by Gasteiger charge is 2.30. The summed E-state index contributed by atoms with van der Waals surface area (Å²) in [5, 5.41) is 16.5. The van der Waals surface area contributed by atoms with Crippen molar-refractivity contribution < 1.29 is 29.0 Å². The third kappa shape index (κ3) is 6.52. The first-order valence-electron chi connectivity index (χ1n) is 11.8. The van der Waals surface area contributed by atoms with Gasteiger partial charge in [-0.3, -0.25) is 14.4 Å². The van der Waals surface area contributed by atoms with E-state index in [2.05, 4.69) is 16.0 Å². The van der Waals surface area contributed by atoms with Gasteiger partial charge in [0.05, 0.1) is 13.0 Å². The van der Waals surface area contributed by atoms with Gasteiger partial charge in [0.1, 0.15) is 12.6 Å². The van der Waals surface area contributed by atoms with Crippen molar-refractivity contribution in [1.82, 2.24) is 16.0 Å². The maximum absolute atomic E-state index is 12.6. The number of aliphatic carboxylic acids is 1. The van der Waals surface area contributed by atoms with Crippen LogP contribution in [0.25, 0.3) is 11.1 Å². The topological polar surface area (TPSA) is 134 Å². The fourth-order valence-electron chi connectivity index (χ4n) is 4.32. The van der Waals surface area contributed by atoms with Crippen LogP contribution in [0.2, 0.25) is 0 Å². The second-order valence-corrected chi connectivity index (χ2v) is 8.60. The molecule has 0 aromatic heterocycles. The zero-order valence-corrected chi connectivity index (χ0v) is 20.0. The van der Waals surface area contributed by atoms with E-state index in [1.807, 2.05) is 78.9 Å². The third-order valence-corrected chi connectivity index (χ3v) is 6.09. The first-order valence-corrected chi connectivity index (χ1v) is 11.8. The van der Waals surface area contributed by atoms with Gasteiger partial charge in [-0.15, -0.1) is 0 Å². The first-order chi connectivity index (χ1) is 17.9. The van der Waals surface area contributed by atoms with E-state index in [-0.39, 0.29) is 25.6 Å². The number of fused-ring (bicyclic) bond motifs is 3. The number of carboxylic acids is 1. The van der Waals surface area contributed by atoms with E-state index in [0.29, 0.717) is 0 Å². The highest BCUT2D eigenvalue weighted by molar-refractivity contribution is 5.92. The molecule has 3 aromatic carbocycles. The zero-order chi connectivity index (χ0) is 26.2. The van der Waals surface area contributed by atoms with Crippen LogP contribution in [0.3, 0.4) is 0 Å². The third-order valence-electron chi connectivity index (χ3n) is 6.09. The molecule has 0 bridgehead atoms. The van der Waals surface area contributed by atoms with Crippen LogP contribution in [0, 0.1) is 0 Å². The Morgan fingerprint density at radius 1 is 0.811 bits per heavy atom. The molecular formula is C28H27N3O6. The van der Waals surface area contributed by atoms with Crippen molar-refractivity contribution in [2.45, 2.75) is 24.9 Å². The number of nitrogens with one attached hydrogen (secondary N) is 3. The predicted octanol–water partition coefficient (Wildman–Crippen LogP) is 2.80. The van der Waals surface area contributed by atoms with Gasteiger partial charge in [-0.25, -0.2) is 4.79 Å². The molecule has 0 saturated heterocycles. The lowest BCUT2D eigenvalue weighted by atomic mass is 9.98. The number of carbonyl (C=O) groups excluding carboxylic acids is 3. The van der Waals surface area contributed by atoms with Crippen LogP contribution in [0.1, 0.15) is 29.0 Å². The van der Waals surface area contributed by atoms with Gasteiger partial charge < -0.3 is 25.8 Å². The van der Waals surface area contributed by atoms with Gasteiger partial charge in [-0.1, -0.05) is 78.9 Å². The van der Waals surface area contributed by atoms with E-state index in [0.717, 1.165) is 27.8 Å². The van der Waals surface area contributed by atoms with Gasteiger partial charge in [0.15, 0.2) is 0 Å². The lowest BCUT2D eigenvalue weighted by Crippen LogP contribution is -2.50. The minimum atomic E-state index is -1.41. The second kappa shape index (κ2) is 11.9. The van der Waals surface area contributed by atoms with Crippen LogP contribution in [0.15, 0.2) is 78.9 Å². The number of alkyl carbamates (subject to hydrolysis) is 1. The number of amides is 3. The Kier molecular flexibility index (Phi) is 8.15. The molecule has 190 valence electrons. The average molecular weight is 502 g/mol. The van der Waals surface area contributed by atoms with E-state index >= 15 is 0 Å². The summed E-state index contributed by atoms with van der Waals surface area (Å²) >= 11 is 0. The summed E-state index contributed by atoms with van der Waals surface area (Å²) in [6.07, 6.45) is -1.58. The molecule has 37 heavy (non-hydrogen) atoms. The highest BCUT2D eigenvalue weighted by atomic mass is 16.5. The van der Waals surface area contributed by atoms with Crippen molar-refractivity contribution in [3.05, 3.63) is 95.6 Å². The van der Waals surface area contributed by atoms with Crippen molar-refractivity contribution in [3.63, 3.8) is 0 Å². The lowest BCUT2D eigenvalue weighted by Gasteiger charge is -2.18. The monoisotopic (exact) mass is 501 g/mol. The van der Waals surface area contributed by atoms with E-state index < -0.39 is 36.3 Å². The van der Waals surface area contributed by atoms with Crippen molar-refractivity contribution >= 4 is 23.9 Å². The highest BCUT2D eigenvalue weighted by Crippen LogP contribution is 2.44. The summed E-state index contributed by atoms with van der Waals surface area (Å²) in [7, 11) is 0. The van der Waals surface area contributed by atoms with Gasteiger partial charge in [0.2, 0.25) is 11.8 Å². The number of carbonyl (C=O) groups is 4. The molecule has 0 heterocycles. The van der Waals surface area contributed by atoms with Gasteiger partial charge in [-0.05, 0) is 27.8 Å². The van der Waals surface area contributed by atoms with E-state index in [9.17, 15) is 24.3 Å². The number of rotatable bonds is 10. The molecule has 1 atom stereocenters. The molecule has 0 radical (unpaired) electrons. The fraction of sp³-hybridized carbons (Fsp3) is 0.214. The van der Waals surface area contributed by atoms with E-state index in [1.54, 1.807) is 0 Å². The summed E-state index contributed by atoms with van der Waals surface area (Å²) in [6.45, 7) is -0.0661. The largest absolute Gasteiger partial charge is 0.481 e. The SMILES string of the molecule is O=C(O)CC(NC(=O)OCC1c2ccccc2-c2ccccc21)C(=O)NCC(=O)NCc1ccccc1. The molecular weight excluding hydrogens is 474 g/mol. The van der Waals surface area contributed by atoms with Crippen molar-refractivity contribution in [2.75, 3.05) is 13.2 Å². The number of benzene rings is 3. The first kappa shape index (κ1) is 25.4. The molecule has 9 heteroatoms. The molecule has 9 nitrogen and oxygen atoms in total. The molecule has 3 aromatic rings. The van der Waals surface area contributed by atoms with Crippen LogP contribution < -0.4 is 16.0 Å². The number of hydrogen-bond donors (Lipinski definition) is 4. The normalized spacial score (nSPS) is 12.5. The standard InChI is InChI=1S/C28H27N3O6/c32-25(29-15-18-8-2-1-3-9-18)16-30-27(35)24(14-26(33)34)31-28(36)37-17-23-21-12-6-4-10-19(21)20-11-5-7-13-22(20)23/h1-13,23-24H,14-17H2,(H,29,32)(H,30,35)(H,31,36)(H,33,34). The molecule has 4 N–H and O–H groups in total.